The van der Waals surface area contributed by atoms with Crippen LogP contribution in [-0.2, 0) is 6.54 Å². The molecule has 3 unspecified atom stereocenters. The summed E-state index contributed by atoms with van der Waals surface area (Å²) >= 11 is 5.78. The number of likely N-dealkylation sites (tertiary alicyclic amines) is 1. The van der Waals surface area contributed by atoms with E-state index in [1.807, 2.05) is 0 Å². The van der Waals surface area contributed by atoms with Gasteiger partial charge in [-0.25, -0.2) is 4.39 Å². The summed E-state index contributed by atoms with van der Waals surface area (Å²) in [5.74, 6) is 1.11. The van der Waals surface area contributed by atoms with Crippen LogP contribution >= 0.6 is 11.6 Å². The van der Waals surface area contributed by atoms with E-state index in [9.17, 15) is 4.39 Å². The molecule has 1 heterocycles. The molecule has 0 radical (unpaired) electrons. The second-order valence-corrected chi connectivity index (χ2v) is 6.38. The monoisotopic (exact) mass is 282 g/mol. The second kappa shape index (κ2) is 5.39. The molecule has 0 amide bonds. The molecule has 3 atom stereocenters. The van der Waals surface area contributed by atoms with Crippen molar-refractivity contribution in [3.05, 3.63) is 34.6 Å². The molecule has 2 N–H and O–H groups in total. The van der Waals surface area contributed by atoms with E-state index in [0.717, 1.165) is 25.1 Å². The third-order valence-electron chi connectivity index (χ3n) is 4.64. The minimum atomic E-state index is -0.202. The van der Waals surface area contributed by atoms with Gasteiger partial charge in [-0.3, -0.25) is 4.90 Å². The largest absolute Gasteiger partial charge is 0.327 e. The highest BCUT2D eigenvalue weighted by Crippen LogP contribution is 2.36. The minimum Gasteiger partial charge on any atom is -0.327 e. The predicted octanol–water partition coefficient (Wildman–Crippen LogP) is 3.04. The predicted molar refractivity (Wildman–Crippen MR) is 75.5 cm³/mol. The van der Waals surface area contributed by atoms with Gasteiger partial charge in [0.15, 0.2) is 0 Å². The van der Waals surface area contributed by atoms with E-state index < -0.39 is 0 Å². The zero-order valence-electron chi connectivity index (χ0n) is 11.0. The first-order valence-corrected chi connectivity index (χ1v) is 7.43. The summed E-state index contributed by atoms with van der Waals surface area (Å²) in [5.41, 5.74) is 6.94. The average molecular weight is 283 g/mol. The van der Waals surface area contributed by atoms with Gasteiger partial charge in [-0.15, -0.1) is 0 Å². The van der Waals surface area contributed by atoms with E-state index in [-0.39, 0.29) is 5.82 Å². The molecule has 0 bridgehead atoms. The van der Waals surface area contributed by atoms with E-state index in [0.29, 0.717) is 29.4 Å². The fourth-order valence-electron chi connectivity index (χ4n) is 3.63. The SMILES string of the molecule is NC1CCCC2CN(Cc3ccc(Cl)cc3F)CC12. The molecule has 2 fully saturated rings. The first kappa shape index (κ1) is 13.3. The van der Waals surface area contributed by atoms with Crippen molar-refractivity contribution in [2.45, 2.75) is 31.8 Å². The Balaban J connectivity index is 1.68. The Hall–Kier alpha value is -0.640. The topological polar surface area (TPSA) is 29.3 Å². The zero-order chi connectivity index (χ0) is 13.4. The molecule has 1 aromatic rings. The van der Waals surface area contributed by atoms with Gasteiger partial charge in [0, 0.05) is 36.3 Å². The summed E-state index contributed by atoms with van der Waals surface area (Å²) in [4.78, 5) is 2.34. The van der Waals surface area contributed by atoms with Crippen molar-refractivity contribution < 1.29 is 4.39 Å². The van der Waals surface area contributed by atoms with Crippen LogP contribution in [0.1, 0.15) is 24.8 Å². The zero-order valence-corrected chi connectivity index (χ0v) is 11.7. The maximum atomic E-state index is 13.8. The van der Waals surface area contributed by atoms with Gasteiger partial charge in [0.1, 0.15) is 5.82 Å². The van der Waals surface area contributed by atoms with Gasteiger partial charge in [0.2, 0.25) is 0 Å². The molecule has 19 heavy (non-hydrogen) atoms. The van der Waals surface area contributed by atoms with Crippen molar-refractivity contribution in [2.24, 2.45) is 17.6 Å². The van der Waals surface area contributed by atoms with Crippen LogP contribution in [0.3, 0.4) is 0 Å². The summed E-state index contributed by atoms with van der Waals surface area (Å²) in [6.45, 7) is 2.73. The summed E-state index contributed by atoms with van der Waals surface area (Å²) in [6, 6.07) is 5.28. The molecule has 0 aromatic heterocycles. The molecule has 0 spiro atoms. The lowest BCUT2D eigenvalue weighted by Crippen LogP contribution is -2.38. The van der Waals surface area contributed by atoms with Gasteiger partial charge in [0.25, 0.3) is 0 Å². The molecule has 1 aliphatic carbocycles. The molecule has 104 valence electrons. The van der Waals surface area contributed by atoms with Crippen LogP contribution in [0.25, 0.3) is 0 Å². The Labute approximate surface area is 118 Å². The molecular formula is C15H20ClFN2. The second-order valence-electron chi connectivity index (χ2n) is 5.95. The number of nitrogens with zero attached hydrogens (tertiary/aromatic N) is 1. The number of rotatable bonds is 2. The van der Waals surface area contributed by atoms with Gasteiger partial charge in [0.05, 0.1) is 0 Å². The lowest BCUT2D eigenvalue weighted by Gasteiger charge is -2.29. The third kappa shape index (κ3) is 2.78. The number of hydrogen-bond donors (Lipinski definition) is 1. The molecule has 1 saturated carbocycles. The summed E-state index contributed by atoms with van der Waals surface area (Å²) < 4.78 is 13.8. The van der Waals surface area contributed by atoms with E-state index in [1.165, 1.54) is 18.9 Å². The van der Waals surface area contributed by atoms with Crippen LogP contribution in [-0.4, -0.2) is 24.0 Å². The fraction of sp³-hybridized carbons (Fsp3) is 0.600. The highest BCUT2D eigenvalue weighted by atomic mass is 35.5. The Kier molecular flexibility index (Phi) is 3.79. The van der Waals surface area contributed by atoms with Crippen molar-refractivity contribution in [3.8, 4) is 0 Å². The van der Waals surface area contributed by atoms with Gasteiger partial charge < -0.3 is 5.73 Å². The number of halogens is 2. The molecule has 2 aliphatic rings. The summed E-state index contributed by atoms with van der Waals surface area (Å²) in [6.07, 6.45) is 3.66. The first-order chi connectivity index (χ1) is 9.13. The maximum absolute atomic E-state index is 13.8. The molecule has 3 rings (SSSR count). The lowest BCUT2D eigenvalue weighted by molar-refractivity contribution is 0.259. The smallest absolute Gasteiger partial charge is 0.129 e. The quantitative estimate of drug-likeness (QED) is 0.903. The minimum absolute atomic E-state index is 0.202. The van der Waals surface area contributed by atoms with Crippen molar-refractivity contribution in [1.29, 1.82) is 0 Å². The summed E-state index contributed by atoms with van der Waals surface area (Å²) in [7, 11) is 0. The number of hydrogen-bond acceptors (Lipinski definition) is 2. The van der Waals surface area contributed by atoms with Crippen molar-refractivity contribution in [1.82, 2.24) is 4.90 Å². The van der Waals surface area contributed by atoms with Gasteiger partial charge in [-0.1, -0.05) is 24.1 Å². The molecule has 4 heteroatoms. The average Bonchev–Trinajstić information content (AvgIpc) is 2.77. The Morgan fingerprint density at radius 2 is 2.16 bits per heavy atom. The van der Waals surface area contributed by atoms with Crippen molar-refractivity contribution in [2.75, 3.05) is 13.1 Å². The number of fused-ring (bicyclic) bond motifs is 1. The molecule has 1 saturated heterocycles. The first-order valence-electron chi connectivity index (χ1n) is 7.05. The Morgan fingerprint density at radius 3 is 2.89 bits per heavy atom. The molecule has 1 aromatic carbocycles. The van der Waals surface area contributed by atoms with Crippen molar-refractivity contribution >= 4 is 11.6 Å². The number of nitrogens with two attached hydrogens (primary N) is 1. The summed E-state index contributed by atoms with van der Waals surface area (Å²) in [5, 5.41) is 0.457. The van der Waals surface area contributed by atoms with Crippen molar-refractivity contribution in [3.63, 3.8) is 0 Å². The van der Waals surface area contributed by atoms with Crippen LogP contribution in [0, 0.1) is 17.7 Å². The van der Waals surface area contributed by atoms with Gasteiger partial charge in [-0.2, -0.15) is 0 Å². The molecular weight excluding hydrogens is 263 g/mol. The van der Waals surface area contributed by atoms with Crippen LogP contribution in [0.5, 0.6) is 0 Å². The maximum Gasteiger partial charge on any atom is 0.129 e. The Bertz CT molecular complexity index is 465. The van der Waals surface area contributed by atoms with E-state index in [4.69, 9.17) is 17.3 Å². The standard InChI is InChI=1S/C15H20ClFN2/c16-12-5-4-11(14(17)6-12)8-19-7-10-2-1-3-15(18)13(10)9-19/h4-6,10,13,15H,1-3,7-9,18H2. The van der Waals surface area contributed by atoms with Crippen LogP contribution in [0.2, 0.25) is 5.02 Å². The van der Waals surface area contributed by atoms with Crippen LogP contribution in [0.4, 0.5) is 4.39 Å². The molecule has 2 nitrogen and oxygen atoms in total. The third-order valence-corrected chi connectivity index (χ3v) is 4.87. The normalized spacial score (nSPS) is 31.4. The highest BCUT2D eigenvalue weighted by molar-refractivity contribution is 6.30. The van der Waals surface area contributed by atoms with Gasteiger partial charge >= 0.3 is 0 Å². The Morgan fingerprint density at radius 1 is 1.32 bits per heavy atom. The van der Waals surface area contributed by atoms with E-state index in [2.05, 4.69) is 4.90 Å². The van der Waals surface area contributed by atoms with Crippen LogP contribution in [0.15, 0.2) is 18.2 Å². The highest BCUT2D eigenvalue weighted by Gasteiger charge is 2.38. The fourth-order valence-corrected chi connectivity index (χ4v) is 3.79. The lowest BCUT2D eigenvalue weighted by atomic mass is 9.78. The molecule has 1 aliphatic heterocycles. The van der Waals surface area contributed by atoms with E-state index >= 15 is 0 Å². The number of benzene rings is 1. The van der Waals surface area contributed by atoms with Crippen LogP contribution < -0.4 is 5.73 Å². The van der Waals surface area contributed by atoms with Gasteiger partial charge in [-0.05, 0) is 36.8 Å². The van der Waals surface area contributed by atoms with E-state index in [1.54, 1.807) is 12.1 Å².